The number of carbonyl (C=O) groups excluding carboxylic acids is 1. The van der Waals surface area contributed by atoms with Gasteiger partial charge >= 0.3 is 0 Å². The first-order valence-electron chi connectivity index (χ1n) is 17.6. The molecule has 7 aromatic rings. The maximum absolute atomic E-state index is 15.4. The number of rotatable bonds is 7. The normalized spacial score (nSPS) is 11.4. The summed E-state index contributed by atoms with van der Waals surface area (Å²) in [5.74, 6) is -71.4. The number of nitriles is 1. The number of ketones is 1. The van der Waals surface area contributed by atoms with Crippen molar-refractivity contribution in [1.29, 1.82) is 5.26 Å². The first-order chi connectivity index (χ1) is 31.0. The zero-order chi connectivity index (χ0) is 49.0. The van der Waals surface area contributed by atoms with Crippen LogP contribution in [0.4, 0.5) is 87.8 Å². The second-order valence-electron chi connectivity index (χ2n) is 13.7. The van der Waals surface area contributed by atoms with Crippen molar-refractivity contribution in [2.45, 2.75) is 6.54 Å². The van der Waals surface area contributed by atoms with E-state index >= 15 is 35.1 Å². The average molecular weight is 952 g/mol. The first-order valence-corrected chi connectivity index (χ1v) is 17.6. The van der Waals surface area contributed by atoms with Crippen LogP contribution < -0.4 is 26.4 Å². The van der Waals surface area contributed by atoms with Gasteiger partial charge in [-0.05, 0) is 35.7 Å². The van der Waals surface area contributed by atoms with E-state index in [9.17, 15) is 57.5 Å². The molecule has 0 aliphatic heterocycles. The SMILES string of the molecule is Fc1c(F)c(F)c([B-](c2c(F)c(F)c(F)c(F)c2F)(c2c(F)c(F)c(F)c(F)c2F)c2c(F)c(F)c(F)c(F)c2F)c(F)c1F.N#Cc1ccc(C(=O)C[n+]2ccc3ccccc3c2)cc1. The van der Waals surface area contributed by atoms with Crippen molar-refractivity contribution >= 4 is 44.6 Å². The summed E-state index contributed by atoms with van der Waals surface area (Å²) in [6.07, 6.45) is -3.34. The summed E-state index contributed by atoms with van der Waals surface area (Å²) in [6.45, 7) is 0.288. The molecule has 0 saturated carbocycles. The van der Waals surface area contributed by atoms with Gasteiger partial charge in [0.2, 0.25) is 12.3 Å². The molecule has 0 radical (unpaired) electrons. The minimum Gasteiger partial charge on any atom is -0.287 e. The van der Waals surface area contributed by atoms with Gasteiger partial charge in [0.15, 0.2) is 82.2 Å². The van der Waals surface area contributed by atoms with Gasteiger partial charge in [-0.15, -0.1) is 21.9 Å². The third kappa shape index (κ3) is 7.50. The number of carbonyl (C=O) groups is 1. The number of halogens is 20. The van der Waals surface area contributed by atoms with Crippen molar-refractivity contribution in [3.63, 3.8) is 0 Å². The number of aromatic nitrogens is 1. The standard InChI is InChI=1S/C24BF20.C18H13N2O/c26-5-1(6(27)14(35)21(42)13(5)34)25(2-7(28)15(36)22(43)16(37)8(2)29,3-9(30)17(38)23(44)18(39)10(3)31)4-11(32)19(40)24(45)20(41)12(4)33;19-11-14-5-7-16(8-6-14)18(21)13-20-10-9-15-3-1-2-4-17(15)12-20/h;1-10,12H,13H2/q-1;+1. The monoisotopic (exact) mass is 952 g/mol. The van der Waals surface area contributed by atoms with Gasteiger partial charge in [-0.2, -0.15) is 9.83 Å². The Morgan fingerprint density at radius 1 is 0.409 bits per heavy atom. The molecule has 0 aliphatic rings. The van der Waals surface area contributed by atoms with Gasteiger partial charge in [0.05, 0.1) is 11.6 Å². The van der Waals surface area contributed by atoms with Crippen LogP contribution >= 0.6 is 0 Å². The molecule has 0 amide bonds. The van der Waals surface area contributed by atoms with Gasteiger partial charge < -0.3 is 0 Å². The molecule has 1 aromatic heterocycles. The molecule has 0 saturated heterocycles. The number of Topliss-reactive ketones (excluding diaryl/α,β-unsaturated/α-hetero) is 1. The summed E-state index contributed by atoms with van der Waals surface area (Å²) < 4.78 is 296. The smallest absolute Gasteiger partial charge is 0.227 e. The predicted octanol–water partition coefficient (Wildman–Crippen LogP) is 8.73. The average Bonchev–Trinajstić information content (AvgIpc) is 3.31. The number of hydrogen-bond acceptors (Lipinski definition) is 2. The Balaban J connectivity index is 0.000000284. The van der Waals surface area contributed by atoms with E-state index in [2.05, 4.69) is 0 Å². The lowest BCUT2D eigenvalue weighted by Gasteiger charge is -2.44. The Labute approximate surface area is 353 Å². The van der Waals surface area contributed by atoms with E-state index in [4.69, 9.17) is 5.26 Å². The molecule has 7 rings (SSSR count). The zero-order valence-corrected chi connectivity index (χ0v) is 31.5. The van der Waals surface area contributed by atoms with Crippen LogP contribution in [0.3, 0.4) is 0 Å². The molecule has 340 valence electrons. The first kappa shape index (κ1) is 48.0. The highest BCUT2D eigenvalue weighted by Crippen LogP contribution is 2.31. The molecular formula is C42H13BF20N2O. The number of pyridine rings is 1. The number of fused-ring (bicyclic) bond motifs is 1. The zero-order valence-electron chi connectivity index (χ0n) is 31.5. The number of benzene rings is 6. The largest absolute Gasteiger partial charge is 0.287 e. The van der Waals surface area contributed by atoms with Crippen molar-refractivity contribution < 1.29 is 97.2 Å². The molecule has 24 heteroatoms. The Morgan fingerprint density at radius 2 is 0.697 bits per heavy atom. The minimum absolute atomic E-state index is 0.0276. The van der Waals surface area contributed by atoms with Gasteiger partial charge in [0.1, 0.15) is 52.7 Å². The third-order valence-corrected chi connectivity index (χ3v) is 10.1. The fourth-order valence-electron chi connectivity index (χ4n) is 7.14. The van der Waals surface area contributed by atoms with Crippen LogP contribution in [0.1, 0.15) is 15.9 Å². The van der Waals surface area contributed by atoms with Crippen LogP contribution in [0.2, 0.25) is 0 Å². The molecule has 0 fully saturated rings. The maximum Gasteiger partial charge on any atom is 0.227 e. The van der Waals surface area contributed by atoms with Gasteiger partial charge in [-0.3, -0.25) is 4.79 Å². The molecule has 66 heavy (non-hydrogen) atoms. The molecule has 6 aromatic carbocycles. The maximum atomic E-state index is 15.4. The second-order valence-corrected chi connectivity index (χ2v) is 13.7. The minimum atomic E-state index is -7.22. The Bertz CT molecular complexity index is 2830. The van der Waals surface area contributed by atoms with Gasteiger partial charge in [0.25, 0.3) is 0 Å². The summed E-state index contributed by atoms with van der Waals surface area (Å²) >= 11 is 0. The highest BCUT2D eigenvalue weighted by Gasteiger charge is 2.52. The van der Waals surface area contributed by atoms with E-state index in [0.717, 1.165) is 10.8 Å². The van der Waals surface area contributed by atoms with Crippen LogP contribution in [0.25, 0.3) is 10.8 Å². The van der Waals surface area contributed by atoms with E-state index < -0.39 is 144 Å². The van der Waals surface area contributed by atoms with Crippen LogP contribution in [0.5, 0.6) is 0 Å². The fourth-order valence-corrected chi connectivity index (χ4v) is 7.14. The van der Waals surface area contributed by atoms with E-state index in [1.165, 1.54) is 0 Å². The van der Waals surface area contributed by atoms with Crippen molar-refractivity contribution in [2.75, 3.05) is 0 Å². The molecular weight excluding hydrogens is 939 g/mol. The van der Waals surface area contributed by atoms with E-state index in [-0.39, 0.29) is 12.3 Å². The van der Waals surface area contributed by atoms with E-state index in [1.807, 2.05) is 53.4 Å². The quantitative estimate of drug-likeness (QED) is 0.0401. The van der Waals surface area contributed by atoms with Crippen LogP contribution in [-0.4, -0.2) is 11.9 Å². The number of hydrogen-bond donors (Lipinski definition) is 0. The van der Waals surface area contributed by atoms with Crippen molar-refractivity contribution in [1.82, 2.24) is 0 Å². The molecule has 0 N–H and O–H groups in total. The van der Waals surface area contributed by atoms with Gasteiger partial charge in [-0.1, -0.05) is 18.2 Å². The Morgan fingerprint density at radius 3 is 1.00 bits per heavy atom. The van der Waals surface area contributed by atoms with Crippen molar-refractivity contribution in [2.24, 2.45) is 0 Å². The molecule has 0 unspecified atom stereocenters. The third-order valence-electron chi connectivity index (χ3n) is 10.1. The lowest BCUT2D eigenvalue weighted by molar-refractivity contribution is -0.681. The molecule has 0 bridgehead atoms. The highest BCUT2D eigenvalue weighted by molar-refractivity contribution is 7.20. The van der Waals surface area contributed by atoms with Crippen molar-refractivity contribution in [3.05, 3.63) is 194 Å². The fraction of sp³-hybridized carbons (Fsp3) is 0.0238. The number of nitrogens with zero attached hydrogens (tertiary/aromatic N) is 2. The van der Waals surface area contributed by atoms with E-state index in [1.54, 1.807) is 24.3 Å². The highest BCUT2D eigenvalue weighted by atomic mass is 19.2. The van der Waals surface area contributed by atoms with Crippen LogP contribution in [0, 0.1) is 128 Å². The second kappa shape index (κ2) is 17.8. The molecule has 0 spiro atoms. The Kier molecular flexibility index (Phi) is 13.0. The van der Waals surface area contributed by atoms with E-state index in [0.29, 0.717) is 11.1 Å². The lowest BCUT2D eigenvalue weighted by Crippen LogP contribution is -2.81. The van der Waals surface area contributed by atoms with Crippen LogP contribution in [-0.2, 0) is 6.54 Å². The van der Waals surface area contributed by atoms with Gasteiger partial charge in [-0.25, -0.2) is 87.8 Å². The molecule has 3 nitrogen and oxygen atoms in total. The van der Waals surface area contributed by atoms with Crippen molar-refractivity contribution in [3.8, 4) is 6.07 Å². The Hall–Kier alpha value is -7.45. The summed E-state index contributed by atoms with van der Waals surface area (Å²) in [4.78, 5) is 12.2. The summed E-state index contributed by atoms with van der Waals surface area (Å²) in [6, 6.07) is 18.8. The lowest BCUT2D eigenvalue weighted by atomic mass is 9.12. The molecule has 0 aliphatic carbocycles. The summed E-state index contributed by atoms with van der Waals surface area (Å²) in [5.41, 5.74) is -13.1. The summed E-state index contributed by atoms with van der Waals surface area (Å²) in [5, 5.41) is 11.0. The topological polar surface area (TPSA) is 44.7 Å². The molecule has 1 heterocycles. The molecule has 0 atom stereocenters. The summed E-state index contributed by atoms with van der Waals surface area (Å²) in [7, 11) is 0. The predicted molar refractivity (Wildman–Crippen MR) is 189 cm³/mol. The van der Waals surface area contributed by atoms with Gasteiger partial charge in [0, 0.05) is 17.0 Å². The van der Waals surface area contributed by atoms with Crippen LogP contribution in [0.15, 0.2) is 67.0 Å².